The first-order valence-electron chi connectivity index (χ1n) is 10.2. The molecule has 0 aliphatic carbocycles. The number of anilines is 1. The standard InChI is InChI=1S/C22H32N4O4/c1-21(2,3)30-20(28)25(6)22(4)10-12-26(13-11-22)17-9-8-15(19(27)29-7)18-16(17)14-24(5)23-18/h8-9,14H,10-13H2,1-7H3. The lowest BCUT2D eigenvalue weighted by Gasteiger charge is -2.45. The molecule has 2 heterocycles. The summed E-state index contributed by atoms with van der Waals surface area (Å²) in [5, 5.41) is 5.39. The van der Waals surface area contributed by atoms with Crippen LogP contribution in [0.4, 0.5) is 10.5 Å². The molecular weight excluding hydrogens is 384 g/mol. The number of methoxy groups -OCH3 is 1. The zero-order valence-electron chi connectivity index (χ0n) is 19.0. The second-order valence-electron chi connectivity index (χ2n) is 9.21. The van der Waals surface area contributed by atoms with Crippen molar-refractivity contribution in [2.24, 2.45) is 7.05 Å². The summed E-state index contributed by atoms with van der Waals surface area (Å²) < 4.78 is 12.2. The first kappa shape index (κ1) is 21.9. The van der Waals surface area contributed by atoms with Crippen molar-refractivity contribution in [1.29, 1.82) is 0 Å². The summed E-state index contributed by atoms with van der Waals surface area (Å²) in [6.07, 6.45) is 3.25. The van der Waals surface area contributed by atoms with Crippen molar-refractivity contribution in [2.75, 3.05) is 32.1 Å². The van der Waals surface area contributed by atoms with E-state index in [0.717, 1.165) is 37.0 Å². The lowest BCUT2D eigenvalue weighted by Crippen LogP contribution is -2.55. The van der Waals surface area contributed by atoms with Crippen molar-refractivity contribution in [3.8, 4) is 0 Å². The molecule has 8 heteroatoms. The number of nitrogens with zero attached hydrogens (tertiary/aromatic N) is 4. The van der Waals surface area contributed by atoms with Crippen LogP contribution in [0.5, 0.6) is 0 Å². The number of benzene rings is 1. The van der Waals surface area contributed by atoms with Crippen LogP contribution in [0.3, 0.4) is 0 Å². The third-order valence-corrected chi connectivity index (χ3v) is 5.83. The molecule has 0 unspecified atom stereocenters. The Morgan fingerprint density at radius 2 is 1.83 bits per heavy atom. The summed E-state index contributed by atoms with van der Waals surface area (Å²) in [6, 6.07) is 3.73. The van der Waals surface area contributed by atoms with E-state index < -0.39 is 11.6 Å². The minimum absolute atomic E-state index is 0.279. The molecule has 0 N–H and O–H groups in total. The van der Waals surface area contributed by atoms with Crippen molar-refractivity contribution < 1.29 is 19.1 Å². The minimum atomic E-state index is -0.518. The highest BCUT2D eigenvalue weighted by Gasteiger charge is 2.38. The summed E-state index contributed by atoms with van der Waals surface area (Å²) in [7, 11) is 5.03. The Labute approximate surface area is 177 Å². The maximum Gasteiger partial charge on any atom is 0.410 e. The van der Waals surface area contributed by atoms with Crippen LogP contribution in [0.15, 0.2) is 18.3 Å². The van der Waals surface area contributed by atoms with Crippen LogP contribution in [0, 0.1) is 0 Å². The average molecular weight is 417 g/mol. The summed E-state index contributed by atoms with van der Waals surface area (Å²) in [4.78, 5) is 28.7. The van der Waals surface area contributed by atoms with Crippen LogP contribution >= 0.6 is 0 Å². The van der Waals surface area contributed by atoms with E-state index in [9.17, 15) is 9.59 Å². The van der Waals surface area contributed by atoms with E-state index in [2.05, 4.69) is 16.9 Å². The maximum atomic E-state index is 12.6. The van der Waals surface area contributed by atoms with Gasteiger partial charge in [-0.05, 0) is 52.7 Å². The van der Waals surface area contributed by atoms with Gasteiger partial charge >= 0.3 is 12.1 Å². The van der Waals surface area contributed by atoms with E-state index in [1.165, 1.54) is 7.11 Å². The first-order valence-corrected chi connectivity index (χ1v) is 10.2. The lowest BCUT2D eigenvalue weighted by molar-refractivity contribution is 0.00347. The molecule has 1 aliphatic rings. The van der Waals surface area contributed by atoms with Gasteiger partial charge in [-0.2, -0.15) is 5.10 Å². The average Bonchev–Trinajstić information content (AvgIpc) is 3.06. The van der Waals surface area contributed by atoms with Crippen molar-refractivity contribution >= 4 is 28.7 Å². The minimum Gasteiger partial charge on any atom is -0.465 e. The largest absolute Gasteiger partial charge is 0.465 e. The predicted molar refractivity (Wildman–Crippen MR) is 116 cm³/mol. The zero-order valence-corrected chi connectivity index (χ0v) is 19.0. The van der Waals surface area contributed by atoms with Crippen molar-refractivity contribution in [1.82, 2.24) is 14.7 Å². The molecule has 0 spiro atoms. The van der Waals surface area contributed by atoms with E-state index in [1.54, 1.807) is 15.6 Å². The van der Waals surface area contributed by atoms with Crippen molar-refractivity contribution in [3.05, 3.63) is 23.9 Å². The van der Waals surface area contributed by atoms with Gasteiger partial charge in [-0.3, -0.25) is 4.68 Å². The van der Waals surface area contributed by atoms with Crippen LogP contribution in [0.25, 0.3) is 10.9 Å². The number of aromatic nitrogens is 2. The molecule has 0 saturated carbocycles. The number of piperidine rings is 1. The Bertz CT molecular complexity index is 952. The topological polar surface area (TPSA) is 76.9 Å². The van der Waals surface area contributed by atoms with Crippen molar-refractivity contribution in [2.45, 2.75) is 51.7 Å². The second kappa shape index (κ2) is 7.81. The molecule has 8 nitrogen and oxygen atoms in total. The molecule has 1 saturated heterocycles. The van der Waals surface area contributed by atoms with Gasteiger partial charge in [0.05, 0.1) is 12.7 Å². The molecule has 1 aromatic carbocycles. The Morgan fingerprint density at radius 1 is 1.20 bits per heavy atom. The van der Waals surface area contributed by atoms with Gasteiger partial charge in [0, 0.05) is 50.0 Å². The zero-order chi connectivity index (χ0) is 22.3. The molecule has 164 valence electrons. The highest BCUT2D eigenvalue weighted by Crippen LogP contribution is 2.35. The Balaban J connectivity index is 1.80. The second-order valence-corrected chi connectivity index (χ2v) is 9.21. The van der Waals surface area contributed by atoms with E-state index >= 15 is 0 Å². The number of rotatable bonds is 3. The summed E-state index contributed by atoms with van der Waals surface area (Å²) >= 11 is 0. The Hall–Kier alpha value is -2.77. The first-order chi connectivity index (χ1) is 13.9. The molecule has 0 atom stereocenters. The molecular formula is C22H32N4O4. The van der Waals surface area contributed by atoms with Gasteiger partial charge in [0.1, 0.15) is 11.1 Å². The van der Waals surface area contributed by atoms with Crippen LogP contribution in [0.2, 0.25) is 0 Å². The number of hydrogen-bond acceptors (Lipinski definition) is 6. The summed E-state index contributed by atoms with van der Waals surface area (Å²) in [6.45, 7) is 9.30. The number of amides is 1. The molecule has 1 fully saturated rings. The van der Waals surface area contributed by atoms with Crippen LogP contribution in [-0.2, 0) is 16.5 Å². The molecule has 1 aromatic heterocycles. The Kier molecular flexibility index (Phi) is 5.71. The van der Waals surface area contributed by atoms with E-state index in [1.807, 2.05) is 47.1 Å². The smallest absolute Gasteiger partial charge is 0.410 e. The normalized spacial score (nSPS) is 16.4. The summed E-state index contributed by atoms with van der Waals surface area (Å²) in [5.41, 5.74) is 1.34. The predicted octanol–water partition coefficient (Wildman–Crippen LogP) is 3.59. The quantitative estimate of drug-likeness (QED) is 0.712. The monoisotopic (exact) mass is 416 g/mol. The van der Waals surface area contributed by atoms with Gasteiger partial charge in [0.2, 0.25) is 0 Å². The van der Waals surface area contributed by atoms with Gasteiger partial charge in [-0.15, -0.1) is 0 Å². The maximum absolute atomic E-state index is 12.6. The fraction of sp³-hybridized carbons (Fsp3) is 0.591. The number of esters is 1. The van der Waals surface area contributed by atoms with E-state index in [4.69, 9.17) is 9.47 Å². The van der Waals surface area contributed by atoms with Gasteiger partial charge in [-0.25, -0.2) is 9.59 Å². The highest BCUT2D eigenvalue weighted by molar-refractivity contribution is 6.06. The summed E-state index contributed by atoms with van der Waals surface area (Å²) in [5.74, 6) is -0.393. The fourth-order valence-electron chi connectivity index (χ4n) is 3.87. The number of ether oxygens (including phenoxy) is 2. The molecule has 3 rings (SSSR count). The third kappa shape index (κ3) is 4.22. The lowest BCUT2D eigenvalue weighted by atomic mass is 9.88. The highest BCUT2D eigenvalue weighted by atomic mass is 16.6. The van der Waals surface area contributed by atoms with Crippen LogP contribution in [0.1, 0.15) is 50.9 Å². The molecule has 0 radical (unpaired) electrons. The molecule has 30 heavy (non-hydrogen) atoms. The molecule has 1 aliphatic heterocycles. The van der Waals surface area contributed by atoms with Gasteiger partial charge in [0.25, 0.3) is 0 Å². The van der Waals surface area contributed by atoms with E-state index in [-0.39, 0.29) is 11.6 Å². The molecule has 2 aromatic rings. The number of carbonyl (C=O) groups excluding carboxylic acids is 2. The molecule has 1 amide bonds. The van der Waals surface area contributed by atoms with Gasteiger partial charge < -0.3 is 19.3 Å². The van der Waals surface area contributed by atoms with Crippen molar-refractivity contribution in [3.63, 3.8) is 0 Å². The van der Waals surface area contributed by atoms with Crippen LogP contribution in [-0.4, -0.2) is 65.1 Å². The SMILES string of the molecule is COC(=O)c1ccc(N2CCC(C)(N(C)C(=O)OC(C)(C)C)CC2)c2cn(C)nc12. The Morgan fingerprint density at radius 3 is 2.40 bits per heavy atom. The van der Waals surface area contributed by atoms with Crippen LogP contribution < -0.4 is 4.90 Å². The van der Waals surface area contributed by atoms with Gasteiger partial charge in [0.15, 0.2) is 0 Å². The van der Waals surface area contributed by atoms with E-state index in [0.29, 0.717) is 11.1 Å². The molecule has 0 bridgehead atoms. The number of carbonyl (C=O) groups is 2. The fourth-order valence-corrected chi connectivity index (χ4v) is 3.87. The van der Waals surface area contributed by atoms with Gasteiger partial charge in [-0.1, -0.05) is 0 Å². The number of aryl methyl sites for hydroxylation is 1. The number of hydrogen-bond donors (Lipinski definition) is 0. The number of fused-ring (bicyclic) bond motifs is 1. The third-order valence-electron chi connectivity index (χ3n) is 5.83.